The number of carbonyl (C=O) groups is 3. The van der Waals surface area contributed by atoms with Crippen LogP contribution in [0.25, 0.3) is 0 Å². The Balaban J connectivity index is 2.51. The summed E-state index contributed by atoms with van der Waals surface area (Å²) in [5.74, 6) is -1.55. The topological polar surface area (TPSA) is 115 Å². The Labute approximate surface area is 202 Å². The maximum absolute atomic E-state index is 13.4. The molecule has 2 aliphatic rings. The quantitative estimate of drug-likeness (QED) is 0.592. The van der Waals surface area contributed by atoms with E-state index in [1.807, 2.05) is 0 Å². The number of fused-ring (bicyclic) bond motifs is 1. The Hall–Kier alpha value is -2.17. The largest absolute Gasteiger partial charge is 0.444 e. The summed E-state index contributed by atoms with van der Waals surface area (Å²) in [6.07, 6.45) is -2.29. The highest BCUT2D eigenvalue weighted by Gasteiger charge is 2.62. The van der Waals surface area contributed by atoms with Gasteiger partial charge in [-0.25, -0.2) is 14.5 Å². The SMILES string of the molecule is C=CC[C@@H](O)[C@H]1[C@H]2OC(C)(C)O[C@H]2[C@H](CN(C(C)=O)C(=O)OC(C)(C)C)N1C(=O)OC(C)(C)C. The van der Waals surface area contributed by atoms with Crippen LogP contribution in [-0.4, -0.2) is 86.9 Å². The van der Waals surface area contributed by atoms with Gasteiger partial charge in [-0.15, -0.1) is 6.58 Å². The minimum absolute atomic E-state index is 0.187. The summed E-state index contributed by atoms with van der Waals surface area (Å²) in [6, 6.07) is -1.69. The average molecular weight is 485 g/mol. The molecule has 0 saturated carbocycles. The van der Waals surface area contributed by atoms with Crippen molar-refractivity contribution < 1.29 is 38.4 Å². The summed E-state index contributed by atoms with van der Waals surface area (Å²) < 4.78 is 23.2. The van der Waals surface area contributed by atoms with E-state index in [0.717, 1.165) is 4.90 Å². The highest BCUT2D eigenvalue weighted by atomic mass is 16.8. The van der Waals surface area contributed by atoms with Crippen molar-refractivity contribution in [2.45, 2.75) is 116 Å². The molecule has 10 nitrogen and oxygen atoms in total. The molecule has 3 amide bonds. The smallest absolute Gasteiger partial charge is 0.417 e. The van der Waals surface area contributed by atoms with Gasteiger partial charge in [0.2, 0.25) is 5.91 Å². The van der Waals surface area contributed by atoms with Crippen molar-refractivity contribution in [3.05, 3.63) is 12.7 Å². The fourth-order valence-electron chi connectivity index (χ4n) is 4.23. The summed E-state index contributed by atoms with van der Waals surface area (Å²) in [4.78, 5) is 40.9. The molecule has 0 unspecified atom stereocenters. The van der Waals surface area contributed by atoms with Gasteiger partial charge in [-0.1, -0.05) is 6.08 Å². The van der Waals surface area contributed by atoms with Crippen LogP contribution in [0.2, 0.25) is 0 Å². The molecule has 2 heterocycles. The van der Waals surface area contributed by atoms with Crippen LogP contribution >= 0.6 is 0 Å². The lowest BCUT2D eigenvalue weighted by atomic mass is 10.0. The van der Waals surface area contributed by atoms with Crippen LogP contribution in [-0.2, 0) is 23.7 Å². The van der Waals surface area contributed by atoms with Crippen LogP contribution in [0.5, 0.6) is 0 Å². The molecule has 0 aromatic heterocycles. The van der Waals surface area contributed by atoms with Crippen molar-refractivity contribution in [1.82, 2.24) is 9.80 Å². The number of imide groups is 1. The van der Waals surface area contributed by atoms with Crippen molar-refractivity contribution in [3.63, 3.8) is 0 Å². The normalized spacial score (nSPS) is 27.1. The second-order valence-electron chi connectivity index (χ2n) is 11.2. The lowest BCUT2D eigenvalue weighted by Gasteiger charge is -2.38. The number of carbonyl (C=O) groups excluding carboxylic acids is 3. The van der Waals surface area contributed by atoms with Crippen LogP contribution in [0.4, 0.5) is 9.59 Å². The molecule has 5 atom stereocenters. The van der Waals surface area contributed by atoms with E-state index in [4.69, 9.17) is 18.9 Å². The number of aliphatic hydroxyl groups is 1. The summed E-state index contributed by atoms with van der Waals surface area (Å²) in [6.45, 7) is 18.4. The van der Waals surface area contributed by atoms with Crippen molar-refractivity contribution in [3.8, 4) is 0 Å². The molecule has 0 aliphatic carbocycles. The van der Waals surface area contributed by atoms with Crippen LogP contribution in [0, 0.1) is 0 Å². The third kappa shape index (κ3) is 6.70. The predicted molar refractivity (Wildman–Crippen MR) is 124 cm³/mol. The number of rotatable bonds is 5. The number of likely N-dealkylation sites (tertiary alicyclic amines) is 1. The van der Waals surface area contributed by atoms with E-state index < -0.39 is 65.5 Å². The van der Waals surface area contributed by atoms with Crippen LogP contribution in [0.1, 0.15) is 68.7 Å². The van der Waals surface area contributed by atoms with Crippen molar-refractivity contribution in [1.29, 1.82) is 0 Å². The van der Waals surface area contributed by atoms with E-state index >= 15 is 0 Å². The Kier molecular flexibility index (Phi) is 8.11. The molecule has 0 aromatic rings. The van der Waals surface area contributed by atoms with E-state index in [1.165, 1.54) is 11.8 Å². The van der Waals surface area contributed by atoms with Crippen molar-refractivity contribution >= 4 is 18.1 Å². The van der Waals surface area contributed by atoms with Crippen molar-refractivity contribution in [2.24, 2.45) is 0 Å². The summed E-state index contributed by atoms with van der Waals surface area (Å²) in [5, 5.41) is 11.0. The van der Waals surface area contributed by atoms with Gasteiger partial charge < -0.3 is 24.1 Å². The summed E-state index contributed by atoms with van der Waals surface area (Å²) in [7, 11) is 0. The van der Waals surface area contributed by atoms with Gasteiger partial charge in [0.05, 0.1) is 24.7 Å². The molecular weight excluding hydrogens is 444 g/mol. The van der Waals surface area contributed by atoms with Crippen molar-refractivity contribution in [2.75, 3.05) is 6.54 Å². The maximum atomic E-state index is 13.4. The Morgan fingerprint density at radius 2 is 1.62 bits per heavy atom. The van der Waals surface area contributed by atoms with E-state index in [9.17, 15) is 19.5 Å². The van der Waals surface area contributed by atoms with Gasteiger partial charge in [0, 0.05) is 6.92 Å². The average Bonchev–Trinajstić information content (AvgIpc) is 3.06. The fraction of sp³-hybridized carbons (Fsp3) is 0.792. The Morgan fingerprint density at radius 3 is 2.09 bits per heavy atom. The maximum Gasteiger partial charge on any atom is 0.417 e. The second kappa shape index (κ2) is 9.83. The first-order valence-electron chi connectivity index (χ1n) is 11.5. The number of ether oxygens (including phenoxy) is 4. The number of hydrogen-bond donors (Lipinski definition) is 1. The zero-order chi connectivity index (χ0) is 26.2. The lowest BCUT2D eigenvalue weighted by Crippen LogP contribution is -2.56. The molecule has 0 aromatic carbocycles. The van der Waals surface area contributed by atoms with Gasteiger partial charge in [-0.3, -0.25) is 9.69 Å². The zero-order valence-corrected chi connectivity index (χ0v) is 21.8. The third-order valence-electron chi connectivity index (χ3n) is 5.33. The van der Waals surface area contributed by atoms with Crippen LogP contribution in [0.15, 0.2) is 12.7 Å². The number of amides is 3. The molecule has 34 heavy (non-hydrogen) atoms. The first-order chi connectivity index (χ1) is 15.4. The molecule has 2 fully saturated rings. The summed E-state index contributed by atoms with van der Waals surface area (Å²) in [5.41, 5.74) is -1.65. The molecule has 2 aliphatic heterocycles. The lowest BCUT2D eigenvalue weighted by molar-refractivity contribution is -0.173. The van der Waals surface area contributed by atoms with Crippen LogP contribution in [0.3, 0.4) is 0 Å². The highest BCUT2D eigenvalue weighted by Crippen LogP contribution is 2.43. The summed E-state index contributed by atoms with van der Waals surface area (Å²) >= 11 is 0. The minimum atomic E-state index is -1.03. The van der Waals surface area contributed by atoms with Gasteiger partial charge in [0.25, 0.3) is 0 Å². The van der Waals surface area contributed by atoms with Crippen LogP contribution < -0.4 is 0 Å². The predicted octanol–water partition coefficient (Wildman–Crippen LogP) is 3.22. The third-order valence-corrected chi connectivity index (χ3v) is 5.33. The van der Waals surface area contributed by atoms with Gasteiger partial charge >= 0.3 is 12.2 Å². The molecular formula is C24H40N2O8. The molecule has 0 spiro atoms. The van der Waals surface area contributed by atoms with E-state index in [-0.39, 0.29) is 13.0 Å². The molecule has 0 bridgehead atoms. The van der Waals surface area contributed by atoms with E-state index in [0.29, 0.717) is 0 Å². The monoisotopic (exact) mass is 484 g/mol. The first kappa shape index (κ1) is 28.1. The molecule has 194 valence electrons. The second-order valence-corrected chi connectivity index (χ2v) is 11.2. The van der Waals surface area contributed by atoms with Gasteiger partial charge in [0.15, 0.2) is 5.79 Å². The number of nitrogens with zero attached hydrogens (tertiary/aromatic N) is 2. The highest BCUT2D eigenvalue weighted by molar-refractivity contribution is 5.90. The van der Waals surface area contributed by atoms with Gasteiger partial charge in [-0.2, -0.15) is 0 Å². The zero-order valence-electron chi connectivity index (χ0n) is 21.8. The van der Waals surface area contributed by atoms with E-state index in [1.54, 1.807) is 61.5 Å². The fourth-order valence-corrected chi connectivity index (χ4v) is 4.23. The van der Waals surface area contributed by atoms with E-state index in [2.05, 4.69) is 6.58 Å². The Morgan fingerprint density at radius 1 is 1.09 bits per heavy atom. The molecule has 1 N–H and O–H groups in total. The molecule has 2 saturated heterocycles. The number of hydrogen-bond acceptors (Lipinski definition) is 8. The molecule has 0 radical (unpaired) electrons. The standard InChI is InChI=1S/C24H40N2O8/c1-11-12-16(28)17-19-18(31-24(9,10)32-19)15(26(17)21(30)34-23(6,7)8)13-25(14(2)27)20(29)33-22(3,4)5/h11,15-19,28H,1,12-13H2,2-10H3/t15-,16+,17-,18-,19+/m0/s1. The molecule has 10 heteroatoms. The number of aliphatic hydroxyl groups excluding tert-OH is 1. The molecule has 2 rings (SSSR count). The first-order valence-corrected chi connectivity index (χ1v) is 11.5. The Bertz CT molecular complexity index is 798. The van der Waals surface area contributed by atoms with Gasteiger partial charge in [-0.05, 0) is 61.8 Å². The minimum Gasteiger partial charge on any atom is -0.444 e. The van der Waals surface area contributed by atoms with Gasteiger partial charge in [0.1, 0.15) is 23.4 Å².